The summed E-state index contributed by atoms with van der Waals surface area (Å²) in [6.45, 7) is 2.98. The zero-order valence-corrected chi connectivity index (χ0v) is 12.2. The van der Waals surface area contributed by atoms with Crippen LogP contribution in [0.2, 0.25) is 0 Å². The molecule has 2 fully saturated rings. The fourth-order valence-corrected chi connectivity index (χ4v) is 3.15. The molecule has 112 valence electrons. The van der Waals surface area contributed by atoms with Crippen LogP contribution in [0.25, 0.3) is 0 Å². The first-order valence-electron chi connectivity index (χ1n) is 7.48. The molecule has 1 N–H and O–H groups in total. The van der Waals surface area contributed by atoms with E-state index in [0.29, 0.717) is 19.6 Å². The van der Waals surface area contributed by atoms with Crippen LogP contribution in [0.4, 0.5) is 4.79 Å². The third kappa shape index (κ3) is 2.31. The van der Waals surface area contributed by atoms with Gasteiger partial charge in [0, 0.05) is 6.61 Å². The van der Waals surface area contributed by atoms with E-state index in [4.69, 9.17) is 4.74 Å². The number of imide groups is 1. The summed E-state index contributed by atoms with van der Waals surface area (Å²) in [5, 5.41) is 2.89. The summed E-state index contributed by atoms with van der Waals surface area (Å²) in [7, 11) is 0. The van der Waals surface area contributed by atoms with Gasteiger partial charge in [0.15, 0.2) is 0 Å². The average molecular weight is 288 g/mol. The van der Waals surface area contributed by atoms with Gasteiger partial charge in [-0.25, -0.2) is 4.79 Å². The third-order valence-electron chi connectivity index (χ3n) is 4.38. The van der Waals surface area contributed by atoms with E-state index < -0.39 is 5.54 Å². The summed E-state index contributed by atoms with van der Waals surface area (Å²) in [4.78, 5) is 26.4. The SMILES string of the molecule is CC[C@]1(c2ccccc2)NC(=O)N(C[C@@H]2CCCO2)C1=O. The molecule has 0 radical (unpaired) electrons. The van der Waals surface area contributed by atoms with Gasteiger partial charge in [0.1, 0.15) is 5.54 Å². The van der Waals surface area contributed by atoms with Crippen molar-refractivity contribution in [3.63, 3.8) is 0 Å². The maximum atomic E-state index is 12.8. The molecule has 1 aromatic rings. The standard InChI is InChI=1S/C16H20N2O3/c1-2-16(12-7-4-3-5-8-12)14(19)18(15(20)17-16)11-13-9-6-10-21-13/h3-5,7-8,13H,2,6,9-11H2,1H3,(H,17,20)/t13-,16+/m0/s1. The van der Waals surface area contributed by atoms with E-state index >= 15 is 0 Å². The molecule has 0 aromatic heterocycles. The van der Waals surface area contributed by atoms with E-state index in [1.54, 1.807) is 0 Å². The summed E-state index contributed by atoms with van der Waals surface area (Å²) < 4.78 is 5.55. The molecule has 3 rings (SSSR count). The van der Waals surface area contributed by atoms with Crippen molar-refractivity contribution in [3.05, 3.63) is 35.9 Å². The molecule has 2 saturated heterocycles. The number of rotatable bonds is 4. The number of carbonyl (C=O) groups excluding carboxylic acids is 2. The first-order chi connectivity index (χ1) is 10.2. The van der Waals surface area contributed by atoms with Gasteiger partial charge in [0.05, 0.1) is 12.6 Å². The molecule has 3 amide bonds. The molecule has 21 heavy (non-hydrogen) atoms. The molecule has 0 bridgehead atoms. The van der Waals surface area contributed by atoms with Gasteiger partial charge in [-0.2, -0.15) is 0 Å². The number of carbonyl (C=O) groups is 2. The van der Waals surface area contributed by atoms with E-state index in [-0.39, 0.29) is 18.0 Å². The predicted octanol–water partition coefficient (Wildman–Crippen LogP) is 2.02. The lowest BCUT2D eigenvalue weighted by Gasteiger charge is -2.26. The number of hydrogen-bond donors (Lipinski definition) is 1. The van der Waals surface area contributed by atoms with Crippen molar-refractivity contribution in [3.8, 4) is 0 Å². The summed E-state index contributed by atoms with van der Waals surface area (Å²) in [6.07, 6.45) is 2.40. The van der Waals surface area contributed by atoms with Crippen molar-refractivity contribution in [2.75, 3.05) is 13.2 Å². The Hall–Kier alpha value is -1.88. The smallest absolute Gasteiger partial charge is 0.325 e. The van der Waals surface area contributed by atoms with Gasteiger partial charge in [0.2, 0.25) is 0 Å². The molecule has 0 unspecified atom stereocenters. The van der Waals surface area contributed by atoms with Gasteiger partial charge in [-0.15, -0.1) is 0 Å². The van der Waals surface area contributed by atoms with Gasteiger partial charge >= 0.3 is 6.03 Å². The lowest BCUT2D eigenvalue weighted by molar-refractivity contribution is -0.132. The van der Waals surface area contributed by atoms with Crippen LogP contribution in [0.3, 0.4) is 0 Å². The Labute approximate surface area is 124 Å². The largest absolute Gasteiger partial charge is 0.376 e. The van der Waals surface area contributed by atoms with Gasteiger partial charge in [0.25, 0.3) is 5.91 Å². The molecule has 5 heteroatoms. The molecule has 1 aromatic carbocycles. The summed E-state index contributed by atoms with van der Waals surface area (Å²) in [5.74, 6) is -0.170. The monoisotopic (exact) mass is 288 g/mol. The van der Waals surface area contributed by atoms with Crippen molar-refractivity contribution in [1.29, 1.82) is 0 Å². The first kappa shape index (κ1) is 14.1. The topological polar surface area (TPSA) is 58.6 Å². The van der Waals surface area contributed by atoms with Crippen molar-refractivity contribution < 1.29 is 14.3 Å². The molecule has 2 heterocycles. The molecule has 2 aliphatic heterocycles. The Kier molecular flexibility index (Phi) is 3.68. The van der Waals surface area contributed by atoms with Gasteiger partial charge in [-0.1, -0.05) is 37.3 Å². The number of benzene rings is 1. The Balaban J connectivity index is 1.87. The van der Waals surface area contributed by atoms with Crippen LogP contribution < -0.4 is 5.32 Å². The molecular formula is C16H20N2O3. The van der Waals surface area contributed by atoms with E-state index in [9.17, 15) is 9.59 Å². The minimum absolute atomic E-state index is 0.0249. The van der Waals surface area contributed by atoms with E-state index in [1.807, 2.05) is 37.3 Å². The highest BCUT2D eigenvalue weighted by Crippen LogP contribution is 2.32. The predicted molar refractivity (Wildman–Crippen MR) is 77.6 cm³/mol. The molecule has 0 saturated carbocycles. The molecule has 0 aliphatic carbocycles. The highest BCUT2D eigenvalue weighted by atomic mass is 16.5. The summed E-state index contributed by atoms with van der Waals surface area (Å²) in [5.41, 5.74) is -0.0996. The van der Waals surface area contributed by atoms with Crippen LogP contribution in [0.15, 0.2) is 30.3 Å². The minimum atomic E-state index is -0.934. The van der Waals surface area contributed by atoms with E-state index in [2.05, 4.69) is 5.32 Å². The Morgan fingerprint density at radius 3 is 2.71 bits per heavy atom. The minimum Gasteiger partial charge on any atom is -0.376 e. The number of nitrogens with zero attached hydrogens (tertiary/aromatic N) is 1. The second kappa shape index (κ2) is 5.48. The lowest BCUT2D eigenvalue weighted by atomic mass is 9.87. The number of amides is 3. The Morgan fingerprint density at radius 1 is 1.33 bits per heavy atom. The zero-order valence-electron chi connectivity index (χ0n) is 12.2. The second-order valence-corrected chi connectivity index (χ2v) is 5.61. The Morgan fingerprint density at radius 2 is 2.10 bits per heavy atom. The fraction of sp³-hybridized carbons (Fsp3) is 0.500. The average Bonchev–Trinajstić information content (AvgIpc) is 3.11. The Bertz CT molecular complexity index is 540. The van der Waals surface area contributed by atoms with Crippen molar-refractivity contribution in [1.82, 2.24) is 10.2 Å². The van der Waals surface area contributed by atoms with Crippen molar-refractivity contribution in [2.24, 2.45) is 0 Å². The van der Waals surface area contributed by atoms with Crippen LogP contribution in [-0.2, 0) is 15.1 Å². The number of ether oxygens (including phenoxy) is 1. The summed E-state index contributed by atoms with van der Waals surface area (Å²) >= 11 is 0. The first-order valence-corrected chi connectivity index (χ1v) is 7.48. The van der Waals surface area contributed by atoms with Crippen LogP contribution in [0.5, 0.6) is 0 Å². The zero-order chi connectivity index (χ0) is 14.9. The molecule has 2 atom stereocenters. The molecule has 2 aliphatic rings. The van der Waals surface area contributed by atoms with E-state index in [0.717, 1.165) is 18.4 Å². The third-order valence-corrected chi connectivity index (χ3v) is 4.38. The van der Waals surface area contributed by atoms with Crippen molar-refractivity contribution in [2.45, 2.75) is 37.8 Å². The van der Waals surface area contributed by atoms with Crippen LogP contribution in [0.1, 0.15) is 31.7 Å². The fourth-order valence-electron chi connectivity index (χ4n) is 3.15. The highest BCUT2D eigenvalue weighted by Gasteiger charge is 2.51. The number of nitrogens with one attached hydrogen (secondary N) is 1. The summed E-state index contributed by atoms with van der Waals surface area (Å²) in [6, 6.07) is 9.12. The van der Waals surface area contributed by atoms with Crippen LogP contribution in [-0.4, -0.2) is 36.1 Å². The molecule has 0 spiro atoms. The highest BCUT2D eigenvalue weighted by molar-refractivity contribution is 6.07. The lowest BCUT2D eigenvalue weighted by Crippen LogP contribution is -2.44. The maximum absolute atomic E-state index is 12.8. The van der Waals surface area contributed by atoms with Crippen LogP contribution >= 0.6 is 0 Å². The number of hydrogen-bond acceptors (Lipinski definition) is 3. The second-order valence-electron chi connectivity index (χ2n) is 5.61. The quantitative estimate of drug-likeness (QED) is 0.862. The number of urea groups is 1. The normalized spacial score (nSPS) is 29.0. The van der Waals surface area contributed by atoms with Gasteiger partial charge in [-0.3, -0.25) is 9.69 Å². The van der Waals surface area contributed by atoms with Crippen LogP contribution in [0, 0.1) is 0 Å². The maximum Gasteiger partial charge on any atom is 0.325 e. The molecular weight excluding hydrogens is 268 g/mol. The van der Waals surface area contributed by atoms with Crippen molar-refractivity contribution >= 4 is 11.9 Å². The van der Waals surface area contributed by atoms with Gasteiger partial charge < -0.3 is 10.1 Å². The van der Waals surface area contributed by atoms with E-state index in [1.165, 1.54) is 4.90 Å². The van der Waals surface area contributed by atoms with Gasteiger partial charge in [-0.05, 0) is 24.8 Å². The molecule has 5 nitrogen and oxygen atoms in total.